The number of ether oxygens (including phenoxy) is 1. The maximum Gasteiger partial charge on any atom is 0.266 e. The largest absolute Gasteiger partial charge is 0.497 e. The summed E-state index contributed by atoms with van der Waals surface area (Å²) in [5.74, 6) is 1.14. The summed E-state index contributed by atoms with van der Waals surface area (Å²) < 4.78 is 6.68. The van der Waals surface area contributed by atoms with Gasteiger partial charge in [-0.2, -0.15) is 0 Å². The standard InChI is InChI=1S/C22H21N5O3S/c1-13-8-14(2)10-16(9-13)23-20(29)12-31-22-25-21(15-4-6-17(30-3)7-5-15)24-18-11-19(28)26-27(18)22/h4-11H,12H2,1-3H3,(H,23,29)(H,26,28). The first kappa shape index (κ1) is 20.7. The van der Waals surface area contributed by atoms with Crippen molar-refractivity contribution in [3.8, 4) is 17.1 Å². The van der Waals surface area contributed by atoms with E-state index in [0.29, 0.717) is 16.6 Å². The molecule has 2 aromatic heterocycles. The van der Waals surface area contributed by atoms with Gasteiger partial charge in [0.25, 0.3) is 5.56 Å². The normalized spacial score (nSPS) is 10.9. The fraction of sp³-hybridized carbons (Fsp3) is 0.182. The Bertz CT molecular complexity index is 1290. The number of benzene rings is 2. The maximum atomic E-state index is 12.5. The molecule has 0 unspecified atom stereocenters. The molecule has 0 radical (unpaired) electrons. The van der Waals surface area contributed by atoms with Crippen LogP contribution in [0.2, 0.25) is 0 Å². The molecular weight excluding hydrogens is 414 g/mol. The third-order valence-electron chi connectivity index (χ3n) is 4.51. The van der Waals surface area contributed by atoms with Crippen LogP contribution in [-0.4, -0.2) is 38.4 Å². The minimum atomic E-state index is -0.289. The first-order valence-corrected chi connectivity index (χ1v) is 10.5. The highest BCUT2D eigenvalue weighted by atomic mass is 32.2. The van der Waals surface area contributed by atoms with Crippen molar-refractivity contribution in [2.75, 3.05) is 18.2 Å². The molecule has 8 nitrogen and oxygen atoms in total. The van der Waals surface area contributed by atoms with Crippen molar-refractivity contribution in [3.63, 3.8) is 0 Å². The molecule has 4 rings (SSSR count). The molecule has 0 aliphatic carbocycles. The number of H-pyrrole nitrogens is 1. The average molecular weight is 436 g/mol. The second kappa shape index (κ2) is 8.65. The van der Waals surface area contributed by atoms with Crippen molar-refractivity contribution >= 4 is 29.0 Å². The highest BCUT2D eigenvalue weighted by Crippen LogP contribution is 2.23. The zero-order chi connectivity index (χ0) is 22.0. The molecule has 0 saturated carbocycles. The fourth-order valence-corrected chi connectivity index (χ4v) is 3.98. The van der Waals surface area contributed by atoms with Gasteiger partial charge >= 0.3 is 0 Å². The Hall–Kier alpha value is -3.59. The van der Waals surface area contributed by atoms with Crippen LogP contribution in [0.1, 0.15) is 11.1 Å². The van der Waals surface area contributed by atoms with Crippen molar-refractivity contribution in [2.45, 2.75) is 19.0 Å². The van der Waals surface area contributed by atoms with Crippen LogP contribution in [0.3, 0.4) is 0 Å². The molecule has 0 saturated heterocycles. The molecule has 31 heavy (non-hydrogen) atoms. The summed E-state index contributed by atoms with van der Waals surface area (Å²) in [5.41, 5.74) is 3.83. The lowest BCUT2D eigenvalue weighted by atomic mass is 10.1. The van der Waals surface area contributed by atoms with Gasteiger partial charge in [-0.1, -0.05) is 17.8 Å². The highest BCUT2D eigenvalue weighted by Gasteiger charge is 2.14. The number of fused-ring (bicyclic) bond motifs is 1. The highest BCUT2D eigenvalue weighted by molar-refractivity contribution is 7.99. The molecule has 0 bridgehead atoms. The molecule has 158 valence electrons. The van der Waals surface area contributed by atoms with Crippen molar-refractivity contribution < 1.29 is 9.53 Å². The zero-order valence-corrected chi connectivity index (χ0v) is 18.1. The predicted molar refractivity (Wildman–Crippen MR) is 121 cm³/mol. The van der Waals surface area contributed by atoms with Crippen LogP contribution >= 0.6 is 11.8 Å². The number of aryl methyl sites for hydroxylation is 2. The predicted octanol–water partition coefficient (Wildman–Crippen LogP) is 3.44. The van der Waals surface area contributed by atoms with E-state index < -0.39 is 0 Å². The van der Waals surface area contributed by atoms with E-state index in [1.54, 1.807) is 7.11 Å². The van der Waals surface area contributed by atoms with Gasteiger partial charge in [0.2, 0.25) is 5.91 Å². The Morgan fingerprint density at radius 2 is 1.81 bits per heavy atom. The molecule has 4 aromatic rings. The number of thioether (sulfide) groups is 1. The summed E-state index contributed by atoms with van der Waals surface area (Å²) >= 11 is 1.22. The van der Waals surface area contributed by atoms with Crippen LogP contribution in [0.25, 0.3) is 17.0 Å². The minimum Gasteiger partial charge on any atom is -0.497 e. The Labute approximate surface area is 182 Å². The van der Waals surface area contributed by atoms with Crippen molar-refractivity contribution in [2.24, 2.45) is 0 Å². The quantitative estimate of drug-likeness (QED) is 0.450. The second-order valence-electron chi connectivity index (χ2n) is 7.09. The number of carbonyl (C=O) groups excluding carboxylic acids is 1. The van der Waals surface area contributed by atoms with Crippen molar-refractivity contribution in [1.82, 2.24) is 19.6 Å². The van der Waals surface area contributed by atoms with E-state index in [1.807, 2.05) is 56.3 Å². The topological polar surface area (TPSA) is 101 Å². The number of hydrogen-bond donors (Lipinski definition) is 2. The number of rotatable bonds is 6. The first-order chi connectivity index (χ1) is 14.9. The summed E-state index contributed by atoms with van der Waals surface area (Å²) in [7, 11) is 1.60. The van der Waals surface area contributed by atoms with Crippen LogP contribution in [0, 0.1) is 13.8 Å². The molecule has 0 aliphatic heterocycles. The molecule has 2 aromatic carbocycles. The van der Waals surface area contributed by atoms with E-state index in [1.165, 1.54) is 22.3 Å². The number of nitrogens with one attached hydrogen (secondary N) is 2. The van der Waals surface area contributed by atoms with Gasteiger partial charge in [-0.05, 0) is 61.4 Å². The lowest BCUT2D eigenvalue weighted by molar-refractivity contribution is -0.113. The maximum absolute atomic E-state index is 12.5. The summed E-state index contributed by atoms with van der Waals surface area (Å²) in [5, 5.41) is 6.05. The van der Waals surface area contributed by atoms with E-state index in [2.05, 4.69) is 20.4 Å². The van der Waals surface area contributed by atoms with Crippen LogP contribution in [0.4, 0.5) is 5.69 Å². The smallest absolute Gasteiger partial charge is 0.266 e. The van der Waals surface area contributed by atoms with Crippen molar-refractivity contribution in [1.29, 1.82) is 0 Å². The molecule has 0 fully saturated rings. The van der Waals surface area contributed by atoms with Crippen LogP contribution in [0.5, 0.6) is 5.75 Å². The minimum absolute atomic E-state index is 0.126. The SMILES string of the molecule is COc1ccc(-c2nc(SCC(=O)Nc3cc(C)cc(C)c3)n3[nH]c(=O)cc3n2)cc1. The lowest BCUT2D eigenvalue weighted by Gasteiger charge is -2.09. The van der Waals surface area contributed by atoms with Gasteiger partial charge in [-0.25, -0.2) is 14.5 Å². The Morgan fingerprint density at radius 1 is 1.10 bits per heavy atom. The number of anilines is 1. The van der Waals surface area contributed by atoms with E-state index in [0.717, 1.165) is 28.1 Å². The molecular formula is C22H21N5O3S. The number of carbonyl (C=O) groups is 1. The van der Waals surface area contributed by atoms with Crippen LogP contribution in [-0.2, 0) is 4.79 Å². The first-order valence-electron chi connectivity index (χ1n) is 9.56. The summed E-state index contributed by atoms with van der Waals surface area (Å²) in [6.07, 6.45) is 0. The van der Waals surface area contributed by atoms with Crippen LogP contribution < -0.4 is 15.6 Å². The van der Waals surface area contributed by atoms with E-state index in [-0.39, 0.29) is 17.2 Å². The molecule has 0 atom stereocenters. The summed E-state index contributed by atoms with van der Waals surface area (Å²) in [6, 6.07) is 14.6. The van der Waals surface area contributed by atoms with Gasteiger partial charge in [0.15, 0.2) is 16.6 Å². The number of hydrogen-bond acceptors (Lipinski definition) is 6. The summed E-state index contributed by atoms with van der Waals surface area (Å²) in [6.45, 7) is 3.97. The second-order valence-corrected chi connectivity index (χ2v) is 8.03. The zero-order valence-electron chi connectivity index (χ0n) is 17.3. The monoisotopic (exact) mass is 435 g/mol. The van der Waals surface area contributed by atoms with E-state index >= 15 is 0 Å². The molecule has 2 heterocycles. The van der Waals surface area contributed by atoms with Gasteiger partial charge in [0.05, 0.1) is 12.9 Å². The number of nitrogens with zero attached hydrogens (tertiary/aromatic N) is 3. The third-order valence-corrected chi connectivity index (χ3v) is 5.45. The lowest BCUT2D eigenvalue weighted by Crippen LogP contribution is -2.15. The van der Waals surface area contributed by atoms with Gasteiger partial charge in [0.1, 0.15) is 5.75 Å². The van der Waals surface area contributed by atoms with Gasteiger partial charge in [-0.3, -0.25) is 14.7 Å². The van der Waals surface area contributed by atoms with Crippen LogP contribution in [0.15, 0.2) is 58.5 Å². The fourth-order valence-electron chi connectivity index (χ4n) is 3.22. The number of aromatic amines is 1. The Morgan fingerprint density at radius 3 is 2.48 bits per heavy atom. The molecule has 1 amide bonds. The Balaban J connectivity index is 1.58. The van der Waals surface area contributed by atoms with Gasteiger partial charge in [0, 0.05) is 17.3 Å². The molecule has 0 aliphatic rings. The third kappa shape index (κ3) is 4.77. The van der Waals surface area contributed by atoms with Crippen molar-refractivity contribution in [3.05, 3.63) is 70.0 Å². The number of methoxy groups -OCH3 is 1. The molecule has 2 N–H and O–H groups in total. The number of aromatic nitrogens is 4. The van der Waals surface area contributed by atoms with E-state index in [9.17, 15) is 9.59 Å². The van der Waals surface area contributed by atoms with Gasteiger partial charge < -0.3 is 10.1 Å². The number of amides is 1. The van der Waals surface area contributed by atoms with E-state index in [4.69, 9.17) is 4.74 Å². The molecule has 9 heteroatoms. The average Bonchev–Trinajstić information content (AvgIpc) is 3.11. The Kier molecular flexibility index (Phi) is 5.77. The van der Waals surface area contributed by atoms with Gasteiger partial charge in [-0.15, -0.1) is 0 Å². The summed E-state index contributed by atoms with van der Waals surface area (Å²) in [4.78, 5) is 33.4. The molecule has 0 spiro atoms.